The van der Waals surface area contributed by atoms with Crippen LogP contribution in [0.3, 0.4) is 0 Å². The number of nitrogens with zero attached hydrogens (tertiary/aromatic N) is 3. The minimum absolute atomic E-state index is 0.131. The number of aromatic amines is 1. The SMILES string of the molecule is Cc1nc(-c2ccncc2)[nH]c(=O)c1CCC(=O)NCc1ccc(OC2CCCC2)nc1. The second kappa shape index (κ2) is 10.2. The van der Waals surface area contributed by atoms with Gasteiger partial charge < -0.3 is 15.0 Å². The highest BCUT2D eigenvalue weighted by molar-refractivity contribution is 5.76. The summed E-state index contributed by atoms with van der Waals surface area (Å²) in [6.45, 7) is 2.16. The molecule has 3 aromatic rings. The average molecular weight is 434 g/mol. The lowest BCUT2D eigenvalue weighted by Crippen LogP contribution is -2.25. The van der Waals surface area contributed by atoms with Gasteiger partial charge in [0, 0.05) is 54.4 Å². The first-order chi connectivity index (χ1) is 15.6. The third-order valence-corrected chi connectivity index (χ3v) is 5.65. The molecular formula is C24H27N5O3. The van der Waals surface area contributed by atoms with Crippen LogP contribution < -0.4 is 15.6 Å². The molecule has 0 bridgehead atoms. The molecule has 2 N–H and O–H groups in total. The number of hydrogen-bond donors (Lipinski definition) is 2. The van der Waals surface area contributed by atoms with Crippen LogP contribution in [0.2, 0.25) is 0 Å². The number of amides is 1. The van der Waals surface area contributed by atoms with E-state index in [2.05, 4.69) is 25.3 Å². The van der Waals surface area contributed by atoms with E-state index < -0.39 is 0 Å². The second-order valence-corrected chi connectivity index (χ2v) is 8.02. The average Bonchev–Trinajstić information content (AvgIpc) is 3.31. The van der Waals surface area contributed by atoms with Gasteiger partial charge in [-0.2, -0.15) is 0 Å². The monoisotopic (exact) mass is 433 g/mol. The number of carbonyl (C=O) groups excluding carboxylic acids is 1. The lowest BCUT2D eigenvalue weighted by molar-refractivity contribution is -0.121. The predicted octanol–water partition coefficient (Wildman–Crippen LogP) is 3.11. The summed E-state index contributed by atoms with van der Waals surface area (Å²) in [5.74, 6) is 0.994. The Bertz CT molecular complexity index is 1110. The molecule has 0 aromatic carbocycles. The largest absolute Gasteiger partial charge is 0.474 e. The molecule has 1 fully saturated rings. The van der Waals surface area contributed by atoms with Crippen molar-refractivity contribution in [1.82, 2.24) is 25.3 Å². The van der Waals surface area contributed by atoms with Crippen molar-refractivity contribution < 1.29 is 9.53 Å². The van der Waals surface area contributed by atoms with Gasteiger partial charge in [0.1, 0.15) is 11.9 Å². The Kier molecular flexibility index (Phi) is 6.89. The molecule has 8 nitrogen and oxygen atoms in total. The predicted molar refractivity (Wildman–Crippen MR) is 120 cm³/mol. The van der Waals surface area contributed by atoms with Crippen LogP contribution >= 0.6 is 0 Å². The molecule has 1 aliphatic carbocycles. The van der Waals surface area contributed by atoms with Gasteiger partial charge in [0.05, 0.1) is 0 Å². The topological polar surface area (TPSA) is 110 Å². The van der Waals surface area contributed by atoms with Crippen LogP contribution in [0.5, 0.6) is 5.88 Å². The highest BCUT2D eigenvalue weighted by atomic mass is 16.5. The Morgan fingerprint density at radius 1 is 1.19 bits per heavy atom. The standard InChI is InChI=1S/C24H27N5O3/c1-16-20(24(31)29-23(28-16)18-10-12-25-13-11-18)7-8-21(30)26-14-17-6-9-22(27-15-17)32-19-4-2-3-5-19/h6,9-13,15,19H,2-5,7-8,14H2,1H3,(H,26,30)(H,28,29,31). The summed E-state index contributed by atoms with van der Waals surface area (Å²) in [6.07, 6.45) is 10.4. The first kappa shape index (κ1) is 21.7. The lowest BCUT2D eigenvalue weighted by Gasteiger charge is -2.12. The van der Waals surface area contributed by atoms with Crippen molar-refractivity contribution in [2.45, 2.75) is 58.1 Å². The van der Waals surface area contributed by atoms with Crippen LogP contribution in [-0.2, 0) is 17.8 Å². The minimum atomic E-state index is -0.223. The van der Waals surface area contributed by atoms with Crippen molar-refractivity contribution in [2.75, 3.05) is 0 Å². The van der Waals surface area contributed by atoms with Crippen LogP contribution in [0.25, 0.3) is 11.4 Å². The fourth-order valence-electron chi connectivity index (χ4n) is 3.84. The van der Waals surface area contributed by atoms with Crippen molar-refractivity contribution in [1.29, 1.82) is 0 Å². The molecule has 4 rings (SSSR count). The quantitative estimate of drug-likeness (QED) is 0.565. The Labute approximate surface area is 186 Å². The van der Waals surface area contributed by atoms with Crippen LogP contribution in [0.15, 0.2) is 47.7 Å². The van der Waals surface area contributed by atoms with Gasteiger partial charge in [-0.1, -0.05) is 6.07 Å². The van der Waals surface area contributed by atoms with Gasteiger partial charge in [-0.25, -0.2) is 9.97 Å². The summed E-state index contributed by atoms with van der Waals surface area (Å²) < 4.78 is 5.86. The van der Waals surface area contributed by atoms with Gasteiger partial charge in [0.2, 0.25) is 11.8 Å². The highest BCUT2D eigenvalue weighted by Gasteiger charge is 2.17. The van der Waals surface area contributed by atoms with E-state index in [9.17, 15) is 9.59 Å². The number of hydrogen-bond acceptors (Lipinski definition) is 6. The second-order valence-electron chi connectivity index (χ2n) is 8.02. The van der Waals surface area contributed by atoms with Crippen LogP contribution in [0.1, 0.15) is 48.9 Å². The molecule has 1 saturated carbocycles. The molecule has 0 atom stereocenters. The normalized spacial score (nSPS) is 13.8. The molecule has 8 heteroatoms. The number of nitrogens with one attached hydrogen (secondary N) is 2. The lowest BCUT2D eigenvalue weighted by atomic mass is 10.1. The van der Waals surface area contributed by atoms with E-state index in [1.54, 1.807) is 37.6 Å². The minimum Gasteiger partial charge on any atom is -0.474 e. The molecule has 1 aliphatic rings. The van der Waals surface area contributed by atoms with Gasteiger partial charge in [-0.3, -0.25) is 14.6 Å². The molecule has 0 unspecified atom stereocenters. The Balaban J connectivity index is 1.28. The van der Waals surface area contributed by atoms with E-state index in [0.29, 0.717) is 35.9 Å². The summed E-state index contributed by atoms with van der Waals surface area (Å²) in [5, 5.41) is 2.88. The molecule has 32 heavy (non-hydrogen) atoms. The zero-order valence-corrected chi connectivity index (χ0v) is 18.1. The Morgan fingerprint density at radius 3 is 2.66 bits per heavy atom. The van der Waals surface area contributed by atoms with Gasteiger partial charge >= 0.3 is 0 Å². The molecule has 166 valence electrons. The molecule has 0 aliphatic heterocycles. The number of carbonyl (C=O) groups is 1. The molecular weight excluding hydrogens is 406 g/mol. The van der Waals surface area contributed by atoms with Crippen LogP contribution in [-0.4, -0.2) is 31.9 Å². The Hall–Kier alpha value is -3.55. The van der Waals surface area contributed by atoms with Crippen molar-refractivity contribution in [3.63, 3.8) is 0 Å². The molecule has 0 radical (unpaired) electrons. The van der Waals surface area contributed by atoms with Crippen molar-refractivity contribution in [3.05, 3.63) is 70.0 Å². The van der Waals surface area contributed by atoms with Crippen LogP contribution in [0, 0.1) is 6.92 Å². The van der Waals surface area contributed by atoms with Crippen molar-refractivity contribution >= 4 is 5.91 Å². The van der Waals surface area contributed by atoms with E-state index >= 15 is 0 Å². The number of aromatic nitrogens is 4. The first-order valence-corrected chi connectivity index (χ1v) is 11.0. The van der Waals surface area contributed by atoms with E-state index in [-0.39, 0.29) is 24.0 Å². The zero-order chi connectivity index (χ0) is 22.3. The fraction of sp³-hybridized carbons (Fsp3) is 0.375. The summed E-state index contributed by atoms with van der Waals surface area (Å²) in [5.41, 5.74) is 2.61. The number of rotatable bonds is 8. The van der Waals surface area contributed by atoms with E-state index in [1.807, 2.05) is 12.1 Å². The number of aryl methyl sites for hydroxylation is 1. The Morgan fingerprint density at radius 2 is 1.97 bits per heavy atom. The van der Waals surface area contributed by atoms with E-state index in [4.69, 9.17) is 4.74 Å². The fourth-order valence-corrected chi connectivity index (χ4v) is 3.84. The summed E-state index contributed by atoms with van der Waals surface area (Å²) in [4.78, 5) is 40.4. The maximum atomic E-state index is 12.5. The maximum absolute atomic E-state index is 12.5. The molecule has 0 saturated heterocycles. The molecule has 1 amide bonds. The summed E-state index contributed by atoms with van der Waals surface area (Å²) in [7, 11) is 0. The van der Waals surface area contributed by atoms with Gasteiger partial charge in [-0.15, -0.1) is 0 Å². The smallest absolute Gasteiger partial charge is 0.254 e. The van der Waals surface area contributed by atoms with E-state index in [0.717, 1.165) is 24.0 Å². The molecule has 0 spiro atoms. The third kappa shape index (κ3) is 5.57. The van der Waals surface area contributed by atoms with Crippen molar-refractivity contribution in [2.24, 2.45) is 0 Å². The third-order valence-electron chi connectivity index (χ3n) is 5.65. The molecule has 3 heterocycles. The number of H-pyrrole nitrogens is 1. The van der Waals surface area contributed by atoms with Gasteiger partial charge in [-0.05, 0) is 56.7 Å². The summed E-state index contributed by atoms with van der Waals surface area (Å²) in [6, 6.07) is 7.33. The number of ether oxygens (including phenoxy) is 1. The van der Waals surface area contributed by atoms with Crippen molar-refractivity contribution in [3.8, 4) is 17.3 Å². The molecule has 3 aromatic heterocycles. The highest BCUT2D eigenvalue weighted by Crippen LogP contribution is 2.22. The summed E-state index contributed by atoms with van der Waals surface area (Å²) >= 11 is 0. The van der Waals surface area contributed by atoms with Crippen LogP contribution in [0.4, 0.5) is 0 Å². The maximum Gasteiger partial charge on any atom is 0.254 e. The van der Waals surface area contributed by atoms with E-state index in [1.165, 1.54) is 12.8 Å². The van der Waals surface area contributed by atoms with Gasteiger partial charge in [0.15, 0.2) is 0 Å². The number of pyridine rings is 2. The first-order valence-electron chi connectivity index (χ1n) is 11.0. The zero-order valence-electron chi connectivity index (χ0n) is 18.1. The van der Waals surface area contributed by atoms with Gasteiger partial charge in [0.25, 0.3) is 5.56 Å².